The highest BCUT2D eigenvalue weighted by Crippen LogP contribution is 2.26. The van der Waals surface area contributed by atoms with Crippen molar-refractivity contribution in [2.24, 2.45) is 0 Å². The first-order valence-electron chi connectivity index (χ1n) is 7.73. The van der Waals surface area contributed by atoms with Crippen molar-refractivity contribution in [3.63, 3.8) is 0 Å². The molecule has 1 aromatic rings. The molecule has 1 fully saturated rings. The topological polar surface area (TPSA) is 75.6 Å². The first kappa shape index (κ1) is 16.3. The van der Waals surface area contributed by atoms with Gasteiger partial charge in [0.1, 0.15) is 5.75 Å². The first-order chi connectivity index (χ1) is 10.6. The summed E-state index contributed by atoms with van der Waals surface area (Å²) >= 11 is 0. The van der Waals surface area contributed by atoms with Gasteiger partial charge in [-0.25, -0.2) is 0 Å². The van der Waals surface area contributed by atoms with Gasteiger partial charge >= 0.3 is 5.97 Å². The maximum atomic E-state index is 12.2. The molecule has 5 heteroatoms. The number of benzene rings is 1. The summed E-state index contributed by atoms with van der Waals surface area (Å²) in [6, 6.07) is 7.50. The van der Waals surface area contributed by atoms with E-state index in [1.165, 1.54) is 0 Å². The smallest absolute Gasteiger partial charge is 0.303 e. The van der Waals surface area contributed by atoms with Crippen molar-refractivity contribution in [3.05, 3.63) is 29.8 Å². The molecule has 1 aliphatic carbocycles. The number of carbonyl (C=O) groups is 2. The summed E-state index contributed by atoms with van der Waals surface area (Å²) < 4.78 is 5.10. The second-order valence-corrected chi connectivity index (χ2v) is 5.82. The Bertz CT molecular complexity index is 506. The van der Waals surface area contributed by atoms with Crippen LogP contribution >= 0.6 is 0 Å². The lowest BCUT2D eigenvalue weighted by Gasteiger charge is -2.18. The van der Waals surface area contributed by atoms with E-state index in [9.17, 15) is 9.59 Å². The predicted octanol–water partition coefficient (Wildman–Crippen LogP) is 2.70. The molecule has 5 nitrogen and oxygen atoms in total. The van der Waals surface area contributed by atoms with Gasteiger partial charge in [-0.05, 0) is 30.5 Å². The van der Waals surface area contributed by atoms with Crippen LogP contribution in [0.4, 0.5) is 0 Å². The number of aliphatic carboxylic acids is 1. The molecule has 0 spiro atoms. The third kappa shape index (κ3) is 4.76. The number of amides is 1. The Kier molecular flexibility index (Phi) is 5.81. The Labute approximate surface area is 130 Å². The molecule has 2 N–H and O–H groups in total. The van der Waals surface area contributed by atoms with Crippen LogP contribution in [0.25, 0.3) is 0 Å². The number of ether oxygens (including phenoxy) is 1. The van der Waals surface area contributed by atoms with Crippen LogP contribution in [-0.4, -0.2) is 30.1 Å². The summed E-state index contributed by atoms with van der Waals surface area (Å²) in [6.07, 6.45) is 4.51. The number of carboxylic acids is 1. The first-order valence-corrected chi connectivity index (χ1v) is 7.73. The monoisotopic (exact) mass is 305 g/mol. The highest BCUT2D eigenvalue weighted by Gasteiger charge is 2.22. The standard InChI is InChI=1S/C17H23NO4/c1-22-15-8-6-12(7-9-15)13(11-17(20)21)10-16(19)18-14-4-2-3-5-14/h6-9,13-14H,2-5,10-11H2,1H3,(H,18,19)(H,20,21)/t13-/m1/s1. The van der Waals surface area contributed by atoms with Crippen molar-refractivity contribution >= 4 is 11.9 Å². The van der Waals surface area contributed by atoms with Gasteiger partial charge in [0.05, 0.1) is 13.5 Å². The van der Waals surface area contributed by atoms with Gasteiger partial charge in [-0.15, -0.1) is 0 Å². The van der Waals surface area contributed by atoms with Crippen LogP contribution in [0.15, 0.2) is 24.3 Å². The van der Waals surface area contributed by atoms with E-state index in [0.29, 0.717) is 5.75 Å². The van der Waals surface area contributed by atoms with Gasteiger partial charge in [-0.3, -0.25) is 9.59 Å². The summed E-state index contributed by atoms with van der Waals surface area (Å²) in [6.45, 7) is 0. The van der Waals surface area contributed by atoms with Crippen molar-refractivity contribution in [1.29, 1.82) is 0 Å². The molecule has 2 rings (SSSR count). The number of hydrogen-bond acceptors (Lipinski definition) is 3. The minimum atomic E-state index is -0.894. The van der Waals surface area contributed by atoms with Crippen LogP contribution in [0.5, 0.6) is 5.75 Å². The van der Waals surface area contributed by atoms with Gasteiger partial charge in [0.25, 0.3) is 0 Å². The minimum Gasteiger partial charge on any atom is -0.497 e. The molecule has 1 atom stereocenters. The quantitative estimate of drug-likeness (QED) is 0.812. The van der Waals surface area contributed by atoms with E-state index in [1.54, 1.807) is 19.2 Å². The molecule has 1 amide bonds. The summed E-state index contributed by atoms with van der Waals surface area (Å²) in [5.41, 5.74) is 0.852. The van der Waals surface area contributed by atoms with E-state index >= 15 is 0 Å². The van der Waals surface area contributed by atoms with Crippen LogP contribution in [0, 0.1) is 0 Å². The molecule has 0 unspecified atom stereocenters. The Hall–Kier alpha value is -2.04. The Morgan fingerprint density at radius 1 is 1.23 bits per heavy atom. The summed E-state index contributed by atoms with van der Waals surface area (Å²) in [5.74, 6) is -0.554. The minimum absolute atomic E-state index is 0.0512. The largest absolute Gasteiger partial charge is 0.497 e. The molecular weight excluding hydrogens is 282 g/mol. The van der Waals surface area contributed by atoms with E-state index < -0.39 is 5.97 Å². The SMILES string of the molecule is COc1ccc([C@@H](CC(=O)O)CC(=O)NC2CCCC2)cc1. The molecule has 1 aliphatic rings. The number of nitrogens with one attached hydrogen (secondary N) is 1. The van der Waals surface area contributed by atoms with E-state index in [2.05, 4.69) is 5.32 Å². The molecule has 22 heavy (non-hydrogen) atoms. The molecule has 120 valence electrons. The van der Waals surface area contributed by atoms with Crippen molar-refractivity contribution in [2.75, 3.05) is 7.11 Å². The predicted molar refractivity (Wildman–Crippen MR) is 83.0 cm³/mol. The van der Waals surface area contributed by atoms with Crippen LogP contribution < -0.4 is 10.1 Å². The molecule has 0 bridgehead atoms. The fraction of sp³-hybridized carbons (Fsp3) is 0.529. The molecule has 0 heterocycles. The lowest BCUT2D eigenvalue weighted by molar-refractivity contribution is -0.137. The molecule has 1 saturated carbocycles. The Morgan fingerprint density at radius 2 is 1.86 bits per heavy atom. The van der Waals surface area contributed by atoms with Gasteiger partial charge in [0.2, 0.25) is 5.91 Å². The molecule has 1 aromatic carbocycles. The molecule has 0 aromatic heterocycles. The van der Waals surface area contributed by atoms with Crippen molar-refractivity contribution in [1.82, 2.24) is 5.32 Å². The van der Waals surface area contributed by atoms with E-state index in [-0.39, 0.29) is 30.7 Å². The maximum absolute atomic E-state index is 12.2. The van der Waals surface area contributed by atoms with Gasteiger partial charge < -0.3 is 15.2 Å². The zero-order valence-electron chi connectivity index (χ0n) is 12.9. The summed E-state index contributed by atoms with van der Waals surface area (Å²) in [4.78, 5) is 23.2. The fourth-order valence-electron chi connectivity index (χ4n) is 2.98. The molecule has 0 aliphatic heterocycles. The van der Waals surface area contributed by atoms with Crippen molar-refractivity contribution in [2.45, 2.75) is 50.5 Å². The molecule has 0 saturated heterocycles. The van der Waals surface area contributed by atoms with E-state index in [1.807, 2.05) is 12.1 Å². The second-order valence-electron chi connectivity index (χ2n) is 5.82. The van der Waals surface area contributed by atoms with Crippen LogP contribution in [0.3, 0.4) is 0 Å². The third-order valence-electron chi connectivity index (χ3n) is 4.16. The average molecular weight is 305 g/mol. The van der Waals surface area contributed by atoms with Gasteiger partial charge in [0.15, 0.2) is 0 Å². The average Bonchev–Trinajstić information content (AvgIpc) is 2.99. The Morgan fingerprint density at radius 3 is 2.41 bits per heavy atom. The lowest BCUT2D eigenvalue weighted by Crippen LogP contribution is -2.33. The zero-order valence-corrected chi connectivity index (χ0v) is 12.9. The lowest BCUT2D eigenvalue weighted by atomic mass is 9.92. The van der Waals surface area contributed by atoms with Crippen molar-refractivity contribution in [3.8, 4) is 5.75 Å². The number of carbonyl (C=O) groups excluding carboxylic acids is 1. The molecule has 0 radical (unpaired) electrons. The maximum Gasteiger partial charge on any atom is 0.303 e. The van der Waals surface area contributed by atoms with Gasteiger partial charge in [-0.1, -0.05) is 25.0 Å². The highest BCUT2D eigenvalue weighted by atomic mass is 16.5. The number of carboxylic acid groups (broad SMARTS) is 1. The van der Waals surface area contributed by atoms with Crippen LogP contribution in [0.2, 0.25) is 0 Å². The van der Waals surface area contributed by atoms with Crippen molar-refractivity contribution < 1.29 is 19.4 Å². The molecular formula is C17H23NO4. The summed E-state index contributed by atoms with van der Waals surface area (Å²) in [5, 5.41) is 12.1. The van der Waals surface area contributed by atoms with E-state index in [0.717, 1.165) is 31.2 Å². The Balaban J connectivity index is 2.00. The van der Waals surface area contributed by atoms with Crippen LogP contribution in [-0.2, 0) is 9.59 Å². The number of hydrogen-bond donors (Lipinski definition) is 2. The normalized spacial score (nSPS) is 16.2. The number of methoxy groups -OCH3 is 1. The summed E-state index contributed by atoms with van der Waals surface area (Å²) in [7, 11) is 1.58. The highest BCUT2D eigenvalue weighted by molar-refractivity contribution is 5.78. The van der Waals surface area contributed by atoms with Gasteiger partial charge in [-0.2, -0.15) is 0 Å². The fourth-order valence-corrected chi connectivity index (χ4v) is 2.98. The second kappa shape index (κ2) is 7.82. The van der Waals surface area contributed by atoms with Gasteiger partial charge in [0, 0.05) is 18.4 Å². The third-order valence-corrected chi connectivity index (χ3v) is 4.16. The van der Waals surface area contributed by atoms with Crippen LogP contribution in [0.1, 0.15) is 50.0 Å². The number of rotatable bonds is 7. The van der Waals surface area contributed by atoms with E-state index in [4.69, 9.17) is 9.84 Å². The zero-order chi connectivity index (χ0) is 15.9.